The number of benzene rings is 2. The van der Waals surface area contributed by atoms with Gasteiger partial charge in [-0.2, -0.15) is 0 Å². The van der Waals surface area contributed by atoms with E-state index >= 15 is 0 Å². The summed E-state index contributed by atoms with van der Waals surface area (Å²) in [7, 11) is -2.38. The Kier molecular flexibility index (Phi) is 6.67. The molecule has 0 radical (unpaired) electrons. The molecule has 2 aromatic rings. The summed E-state index contributed by atoms with van der Waals surface area (Å²) < 4.78 is 33.1. The molecule has 1 amide bonds. The van der Waals surface area contributed by atoms with E-state index in [2.05, 4.69) is 10.0 Å². The number of ether oxygens (including phenoxy) is 1. The van der Waals surface area contributed by atoms with Gasteiger partial charge in [0.2, 0.25) is 10.0 Å². The Hall–Kier alpha value is -1.80. The zero-order chi connectivity index (χ0) is 22.1. The van der Waals surface area contributed by atoms with Gasteiger partial charge in [-0.3, -0.25) is 4.79 Å². The fourth-order valence-corrected chi connectivity index (χ4v) is 4.73. The largest absolute Gasteiger partial charge is 0.495 e. The lowest BCUT2D eigenvalue weighted by molar-refractivity contribution is 0.0945. The molecule has 1 aliphatic rings. The lowest BCUT2D eigenvalue weighted by Gasteiger charge is -2.26. The summed E-state index contributed by atoms with van der Waals surface area (Å²) in [5.41, 5.74) is 0.736. The average Bonchev–Trinajstić information content (AvgIpc) is 3.51. The van der Waals surface area contributed by atoms with Crippen molar-refractivity contribution >= 4 is 39.1 Å². The number of carbonyl (C=O) groups is 1. The van der Waals surface area contributed by atoms with Crippen molar-refractivity contribution in [3.8, 4) is 5.75 Å². The van der Waals surface area contributed by atoms with Crippen molar-refractivity contribution in [1.29, 1.82) is 0 Å². The van der Waals surface area contributed by atoms with E-state index in [-0.39, 0.29) is 28.2 Å². The molecule has 30 heavy (non-hydrogen) atoms. The molecule has 0 atom stereocenters. The van der Waals surface area contributed by atoms with Crippen molar-refractivity contribution in [2.24, 2.45) is 0 Å². The summed E-state index contributed by atoms with van der Waals surface area (Å²) in [6.45, 7) is 4.25. The van der Waals surface area contributed by atoms with Crippen LogP contribution in [0.15, 0.2) is 41.3 Å². The molecule has 1 aliphatic carbocycles. The molecule has 2 aromatic carbocycles. The van der Waals surface area contributed by atoms with Crippen LogP contribution in [0.25, 0.3) is 0 Å². The lowest BCUT2D eigenvalue weighted by atomic mass is 9.84. The van der Waals surface area contributed by atoms with Crippen LogP contribution in [0.1, 0.15) is 42.6 Å². The Morgan fingerprint density at radius 3 is 2.43 bits per heavy atom. The first-order chi connectivity index (χ1) is 14.0. The standard InChI is InChI=1S/C21H24Cl2N2O4S/c1-21(2,14-5-8-16(22)17(23)11-14)12-24-20(26)13-4-9-18(29-3)19(10-13)30(27,28)25-15-6-7-15/h4-5,8-11,15,25H,6-7,12H2,1-3H3,(H,24,26). The van der Waals surface area contributed by atoms with Gasteiger partial charge in [0.15, 0.2) is 0 Å². The van der Waals surface area contributed by atoms with E-state index < -0.39 is 15.4 Å². The van der Waals surface area contributed by atoms with Gasteiger partial charge in [-0.05, 0) is 48.7 Å². The summed E-state index contributed by atoms with van der Waals surface area (Å²) in [6, 6.07) is 9.67. The molecule has 9 heteroatoms. The molecular weight excluding hydrogens is 447 g/mol. The first-order valence-corrected chi connectivity index (χ1v) is 11.7. The summed E-state index contributed by atoms with van der Waals surface area (Å²) in [5.74, 6) is -0.190. The molecule has 0 spiro atoms. The second-order valence-electron chi connectivity index (χ2n) is 7.96. The third kappa shape index (κ3) is 5.27. The smallest absolute Gasteiger partial charge is 0.251 e. The van der Waals surface area contributed by atoms with Crippen molar-refractivity contribution in [1.82, 2.24) is 10.0 Å². The van der Waals surface area contributed by atoms with Gasteiger partial charge in [-0.15, -0.1) is 0 Å². The minimum absolute atomic E-state index is 0.0479. The topological polar surface area (TPSA) is 84.5 Å². The summed E-state index contributed by atoms with van der Waals surface area (Å²) in [6.07, 6.45) is 1.62. The van der Waals surface area contributed by atoms with Crippen LogP contribution in [0, 0.1) is 0 Å². The first kappa shape index (κ1) is 22.9. The molecule has 162 valence electrons. The fraction of sp³-hybridized carbons (Fsp3) is 0.381. The Labute approximate surface area is 187 Å². The highest BCUT2D eigenvalue weighted by Gasteiger charge is 2.30. The number of nitrogens with one attached hydrogen (secondary N) is 2. The predicted molar refractivity (Wildman–Crippen MR) is 118 cm³/mol. The van der Waals surface area contributed by atoms with Crippen LogP contribution in [-0.4, -0.2) is 34.0 Å². The van der Waals surface area contributed by atoms with Gasteiger partial charge in [0, 0.05) is 23.6 Å². The van der Waals surface area contributed by atoms with Crippen LogP contribution in [0.3, 0.4) is 0 Å². The molecule has 2 N–H and O–H groups in total. The second-order valence-corrected chi connectivity index (χ2v) is 10.5. The SMILES string of the molecule is COc1ccc(C(=O)NCC(C)(C)c2ccc(Cl)c(Cl)c2)cc1S(=O)(=O)NC1CC1. The summed E-state index contributed by atoms with van der Waals surface area (Å²) in [5, 5.41) is 3.78. The maximum absolute atomic E-state index is 12.7. The van der Waals surface area contributed by atoms with Gasteiger partial charge in [0.05, 0.1) is 17.2 Å². The normalized spacial score (nSPS) is 14.4. The average molecular weight is 471 g/mol. The van der Waals surface area contributed by atoms with Crippen LogP contribution >= 0.6 is 23.2 Å². The van der Waals surface area contributed by atoms with Crippen LogP contribution in [0.5, 0.6) is 5.75 Å². The van der Waals surface area contributed by atoms with Crippen molar-refractivity contribution < 1.29 is 17.9 Å². The van der Waals surface area contributed by atoms with Gasteiger partial charge in [-0.25, -0.2) is 13.1 Å². The zero-order valence-electron chi connectivity index (χ0n) is 17.0. The Balaban J connectivity index is 1.77. The van der Waals surface area contributed by atoms with Gasteiger partial charge in [0.1, 0.15) is 10.6 Å². The van der Waals surface area contributed by atoms with Gasteiger partial charge in [-0.1, -0.05) is 43.1 Å². The van der Waals surface area contributed by atoms with E-state index in [4.69, 9.17) is 27.9 Å². The highest BCUT2D eigenvalue weighted by Crippen LogP contribution is 2.30. The third-order valence-electron chi connectivity index (χ3n) is 5.01. The Morgan fingerprint density at radius 2 is 1.83 bits per heavy atom. The van der Waals surface area contributed by atoms with Crippen molar-refractivity contribution in [3.63, 3.8) is 0 Å². The van der Waals surface area contributed by atoms with E-state index in [0.29, 0.717) is 16.6 Å². The van der Waals surface area contributed by atoms with E-state index in [1.165, 1.54) is 25.3 Å². The first-order valence-electron chi connectivity index (χ1n) is 9.47. The van der Waals surface area contributed by atoms with Crippen LogP contribution in [0.2, 0.25) is 10.0 Å². The molecule has 3 rings (SSSR count). The number of hydrogen-bond acceptors (Lipinski definition) is 4. The number of amides is 1. The number of carbonyl (C=O) groups excluding carboxylic acids is 1. The van der Waals surface area contributed by atoms with E-state index in [0.717, 1.165) is 18.4 Å². The minimum atomic E-state index is -3.77. The van der Waals surface area contributed by atoms with Gasteiger partial charge in [0.25, 0.3) is 5.91 Å². The Morgan fingerprint density at radius 1 is 1.13 bits per heavy atom. The molecule has 0 unspecified atom stereocenters. The molecule has 1 saturated carbocycles. The molecule has 0 heterocycles. The van der Waals surface area contributed by atoms with E-state index in [9.17, 15) is 13.2 Å². The fourth-order valence-electron chi connectivity index (χ4n) is 2.93. The maximum Gasteiger partial charge on any atom is 0.251 e. The summed E-state index contributed by atoms with van der Waals surface area (Å²) >= 11 is 12.1. The third-order valence-corrected chi connectivity index (χ3v) is 7.29. The van der Waals surface area contributed by atoms with Crippen molar-refractivity contribution in [2.75, 3.05) is 13.7 Å². The van der Waals surface area contributed by atoms with Gasteiger partial charge >= 0.3 is 0 Å². The highest BCUT2D eigenvalue weighted by molar-refractivity contribution is 7.89. The van der Waals surface area contributed by atoms with Crippen LogP contribution in [0.4, 0.5) is 0 Å². The molecule has 0 aliphatic heterocycles. The molecule has 1 fully saturated rings. The molecule has 0 bridgehead atoms. The minimum Gasteiger partial charge on any atom is -0.495 e. The maximum atomic E-state index is 12.7. The zero-order valence-corrected chi connectivity index (χ0v) is 19.3. The summed E-state index contributed by atoms with van der Waals surface area (Å²) in [4.78, 5) is 12.7. The molecular formula is C21H24Cl2N2O4S. The highest BCUT2D eigenvalue weighted by atomic mass is 35.5. The number of methoxy groups -OCH3 is 1. The molecule has 0 saturated heterocycles. The van der Waals surface area contributed by atoms with Crippen LogP contribution < -0.4 is 14.8 Å². The second kappa shape index (κ2) is 8.75. The van der Waals surface area contributed by atoms with Crippen molar-refractivity contribution in [2.45, 2.75) is 43.0 Å². The predicted octanol–water partition coefficient (Wildman–Crippen LogP) is 4.15. The van der Waals surface area contributed by atoms with E-state index in [1.54, 1.807) is 12.1 Å². The van der Waals surface area contributed by atoms with E-state index in [1.807, 2.05) is 19.9 Å². The lowest BCUT2D eigenvalue weighted by Crippen LogP contribution is -2.36. The monoisotopic (exact) mass is 470 g/mol. The Bertz CT molecular complexity index is 1070. The number of halogens is 2. The quantitative estimate of drug-likeness (QED) is 0.606. The number of rotatable bonds is 8. The number of hydrogen-bond donors (Lipinski definition) is 2. The molecule has 0 aromatic heterocycles. The van der Waals surface area contributed by atoms with Crippen molar-refractivity contribution in [3.05, 3.63) is 57.6 Å². The number of sulfonamides is 1. The van der Waals surface area contributed by atoms with Crippen LogP contribution in [-0.2, 0) is 15.4 Å². The van der Waals surface area contributed by atoms with Gasteiger partial charge < -0.3 is 10.1 Å². The molecule has 6 nitrogen and oxygen atoms in total.